The molecule has 0 bridgehead atoms. The van der Waals surface area contributed by atoms with Crippen molar-refractivity contribution in [2.24, 2.45) is 0 Å². The molecule has 7 heteroatoms. The Kier molecular flexibility index (Phi) is 7.93. The minimum absolute atomic E-state index is 0. The first-order valence-electron chi connectivity index (χ1n) is 7.65. The van der Waals surface area contributed by atoms with Crippen LogP contribution in [-0.2, 0) is 23.9 Å². The molecule has 0 saturated heterocycles. The van der Waals surface area contributed by atoms with E-state index in [0.717, 1.165) is 18.2 Å². The van der Waals surface area contributed by atoms with Gasteiger partial charge in [0.1, 0.15) is 0 Å². The number of hydrogen-bond acceptors (Lipinski definition) is 2. The number of halogens is 4. The Labute approximate surface area is 151 Å². The van der Waals surface area contributed by atoms with Crippen LogP contribution in [0.4, 0.5) is 18.9 Å². The smallest absolute Gasteiger partial charge is 0.325 e. The summed E-state index contributed by atoms with van der Waals surface area (Å²) in [6.07, 6.45) is -4.80. The van der Waals surface area contributed by atoms with Gasteiger partial charge in [-0.3, -0.25) is 4.79 Å². The lowest BCUT2D eigenvalue weighted by Crippen LogP contribution is -2.20. The van der Waals surface area contributed by atoms with Gasteiger partial charge in [0.05, 0.1) is 12.0 Å². The zero-order valence-corrected chi connectivity index (χ0v) is 14.5. The zero-order chi connectivity index (χ0) is 17.6. The molecule has 0 spiro atoms. The maximum Gasteiger partial charge on any atom is 0.416 e. The quantitative estimate of drug-likeness (QED) is 0.788. The van der Waals surface area contributed by atoms with Crippen LogP contribution in [0.3, 0.4) is 0 Å². The van der Waals surface area contributed by atoms with E-state index in [1.165, 1.54) is 18.2 Å². The highest BCUT2D eigenvalue weighted by molar-refractivity contribution is 5.93. The van der Waals surface area contributed by atoms with Crippen LogP contribution in [0.25, 0.3) is 0 Å². The second kappa shape index (κ2) is 9.44. The average Bonchev–Trinajstić information content (AvgIpc) is 2.53. The molecule has 25 heavy (non-hydrogen) atoms. The number of para-hydroxylation sites is 1. The Morgan fingerprint density at radius 2 is 1.60 bits per heavy atom. The molecule has 0 saturated carbocycles. The SMILES string of the molecule is CCNCc1ccccc1NC(=O)Cc1ccccc1C(F)(F)F.Cl. The van der Waals surface area contributed by atoms with Gasteiger partial charge in [-0.2, -0.15) is 13.2 Å². The predicted octanol–water partition coefficient (Wildman–Crippen LogP) is 4.42. The summed E-state index contributed by atoms with van der Waals surface area (Å²) in [7, 11) is 0. The third kappa shape index (κ3) is 6.07. The first-order valence-corrected chi connectivity index (χ1v) is 7.65. The van der Waals surface area contributed by atoms with E-state index >= 15 is 0 Å². The third-order valence-corrected chi connectivity index (χ3v) is 3.53. The standard InChI is InChI=1S/C18H19F3N2O.ClH/c1-2-22-12-14-8-4-6-10-16(14)23-17(24)11-13-7-3-5-9-15(13)18(19,20)21;/h3-10,22H,2,11-12H2,1H3,(H,23,24);1H. The minimum atomic E-state index is -4.47. The van der Waals surface area contributed by atoms with Crippen molar-refractivity contribution in [3.05, 3.63) is 65.2 Å². The number of hydrogen-bond donors (Lipinski definition) is 2. The molecule has 0 fully saturated rings. The Morgan fingerprint density at radius 1 is 1.00 bits per heavy atom. The molecule has 3 nitrogen and oxygen atoms in total. The van der Waals surface area contributed by atoms with Gasteiger partial charge in [0.25, 0.3) is 0 Å². The van der Waals surface area contributed by atoms with Crippen LogP contribution in [-0.4, -0.2) is 12.5 Å². The number of carbonyl (C=O) groups excluding carboxylic acids is 1. The van der Waals surface area contributed by atoms with E-state index in [4.69, 9.17) is 0 Å². The molecule has 0 radical (unpaired) electrons. The highest BCUT2D eigenvalue weighted by Gasteiger charge is 2.33. The summed E-state index contributed by atoms with van der Waals surface area (Å²) >= 11 is 0. The summed E-state index contributed by atoms with van der Waals surface area (Å²) < 4.78 is 39.0. The van der Waals surface area contributed by atoms with Crippen molar-refractivity contribution < 1.29 is 18.0 Å². The largest absolute Gasteiger partial charge is 0.416 e. The molecule has 2 rings (SSSR count). The molecular formula is C18H20ClF3N2O. The summed E-state index contributed by atoms with van der Waals surface area (Å²) in [6.45, 7) is 3.32. The van der Waals surface area contributed by atoms with Crippen LogP contribution < -0.4 is 10.6 Å². The third-order valence-electron chi connectivity index (χ3n) is 3.53. The second-order valence-corrected chi connectivity index (χ2v) is 5.32. The molecule has 0 unspecified atom stereocenters. The van der Waals surface area contributed by atoms with Crippen molar-refractivity contribution in [1.29, 1.82) is 0 Å². The van der Waals surface area contributed by atoms with E-state index in [2.05, 4.69) is 10.6 Å². The highest BCUT2D eigenvalue weighted by atomic mass is 35.5. The molecule has 0 aromatic heterocycles. The topological polar surface area (TPSA) is 41.1 Å². The van der Waals surface area contributed by atoms with Gasteiger partial charge in [-0.1, -0.05) is 43.3 Å². The Morgan fingerprint density at radius 3 is 2.24 bits per heavy atom. The molecule has 0 aliphatic rings. The fraction of sp³-hybridized carbons (Fsp3) is 0.278. The number of anilines is 1. The Bertz CT molecular complexity index is 705. The molecular weight excluding hydrogens is 353 g/mol. The second-order valence-electron chi connectivity index (χ2n) is 5.32. The summed E-state index contributed by atoms with van der Waals surface area (Å²) in [6, 6.07) is 12.3. The maximum atomic E-state index is 13.0. The average molecular weight is 373 g/mol. The summed E-state index contributed by atoms with van der Waals surface area (Å²) in [5, 5.41) is 5.86. The molecule has 2 N–H and O–H groups in total. The van der Waals surface area contributed by atoms with Crippen molar-refractivity contribution in [1.82, 2.24) is 5.32 Å². The lowest BCUT2D eigenvalue weighted by Gasteiger charge is -2.14. The molecule has 2 aromatic rings. The molecule has 0 atom stereocenters. The number of carbonyl (C=O) groups is 1. The van der Waals surface area contributed by atoms with E-state index in [0.29, 0.717) is 12.2 Å². The molecule has 136 valence electrons. The van der Waals surface area contributed by atoms with Gasteiger partial charge in [-0.05, 0) is 29.8 Å². The lowest BCUT2D eigenvalue weighted by molar-refractivity contribution is -0.138. The summed E-state index contributed by atoms with van der Waals surface area (Å²) in [5.74, 6) is -0.476. The number of alkyl halides is 3. The molecule has 0 aliphatic carbocycles. The summed E-state index contributed by atoms with van der Waals surface area (Å²) in [4.78, 5) is 12.2. The van der Waals surface area contributed by atoms with Gasteiger partial charge in [0.15, 0.2) is 0 Å². The van der Waals surface area contributed by atoms with Crippen LogP contribution in [0.1, 0.15) is 23.6 Å². The van der Waals surface area contributed by atoms with Crippen molar-refractivity contribution in [2.45, 2.75) is 26.1 Å². The zero-order valence-electron chi connectivity index (χ0n) is 13.7. The molecule has 2 aromatic carbocycles. The van der Waals surface area contributed by atoms with Crippen molar-refractivity contribution in [3.63, 3.8) is 0 Å². The number of rotatable bonds is 6. The van der Waals surface area contributed by atoms with E-state index in [1.54, 1.807) is 12.1 Å². The van der Waals surface area contributed by atoms with Gasteiger partial charge in [-0.25, -0.2) is 0 Å². The normalized spacial score (nSPS) is 10.9. The van der Waals surface area contributed by atoms with Crippen molar-refractivity contribution in [3.8, 4) is 0 Å². The predicted molar refractivity (Wildman–Crippen MR) is 94.8 cm³/mol. The van der Waals surface area contributed by atoms with Gasteiger partial charge >= 0.3 is 6.18 Å². The van der Waals surface area contributed by atoms with Crippen LogP contribution in [0.15, 0.2) is 48.5 Å². The number of nitrogens with one attached hydrogen (secondary N) is 2. The van der Waals surface area contributed by atoms with Crippen LogP contribution in [0.2, 0.25) is 0 Å². The van der Waals surface area contributed by atoms with Gasteiger partial charge in [0, 0.05) is 12.2 Å². The minimum Gasteiger partial charge on any atom is -0.325 e. The van der Waals surface area contributed by atoms with Crippen molar-refractivity contribution >= 4 is 24.0 Å². The van der Waals surface area contributed by atoms with Crippen LogP contribution in [0, 0.1) is 0 Å². The van der Waals surface area contributed by atoms with E-state index < -0.39 is 17.6 Å². The summed E-state index contributed by atoms with van der Waals surface area (Å²) in [5.41, 5.74) is 0.678. The first kappa shape index (κ1) is 21.0. The fourth-order valence-corrected chi connectivity index (χ4v) is 2.37. The highest BCUT2D eigenvalue weighted by Crippen LogP contribution is 2.32. The molecule has 0 aliphatic heterocycles. The molecule has 0 heterocycles. The van der Waals surface area contributed by atoms with E-state index in [9.17, 15) is 18.0 Å². The van der Waals surface area contributed by atoms with E-state index in [1.807, 2.05) is 19.1 Å². The van der Waals surface area contributed by atoms with Crippen molar-refractivity contribution in [2.75, 3.05) is 11.9 Å². The number of amides is 1. The Hall–Kier alpha value is -2.05. The van der Waals surface area contributed by atoms with Gasteiger partial charge in [-0.15, -0.1) is 12.4 Å². The van der Waals surface area contributed by atoms with Gasteiger partial charge < -0.3 is 10.6 Å². The van der Waals surface area contributed by atoms with Crippen LogP contribution in [0.5, 0.6) is 0 Å². The number of benzene rings is 2. The monoisotopic (exact) mass is 372 g/mol. The van der Waals surface area contributed by atoms with E-state index in [-0.39, 0.29) is 24.4 Å². The fourth-order valence-electron chi connectivity index (χ4n) is 2.37. The molecule has 1 amide bonds. The van der Waals surface area contributed by atoms with Gasteiger partial charge in [0.2, 0.25) is 5.91 Å². The van der Waals surface area contributed by atoms with Crippen LogP contribution >= 0.6 is 12.4 Å². The lowest BCUT2D eigenvalue weighted by atomic mass is 10.0. The Balaban J connectivity index is 0.00000312. The first-order chi connectivity index (χ1) is 11.4. The maximum absolute atomic E-state index is 13.0.